The summed E-state index contributed by atoms with van der Waals surface area (Å²) in [6.07, 6.45) is 2.61. The number of ketones is 4. The maximum atomic E-state index is 12.5. The Kier molecular flexibility index (Phi) is 25.3. The number of carboxylic acids is 2. The first-order valence-electron chi connectivity index (χ1n) is 27.7. The van der Waals surface area contributed by atoms with Crippen LogP contribution in [0.25, 0.3) is 40.6 Å². The highest BCUT2D eigenvalue weighted by atomic mass is 35.5. The number of aliphatic hydroxyl groups excluding tert-OH is 1. The normalized spacial score (nSPS) is 11.9. The predicted molar refractivity (Wildman–Crippen MR) is 340 cm³/mol. The van der Waals surface area contributed by atoms with E-state index in [9.17, 15) is 38.4 Å². The zero-order valence-electron chi connectivity index (χ0n) is 50.3. The van der Waals surface area contributed by atoms with Crippen LogP contribution in [-0.4, -0.2) is 127 Å². The maximum Gasteiger partial charge on any atom is 0.308 e. The molecule has 0 radical (unpaired) electrons. The molecule has 8 rings (SSSR count). The number of carbonyl (C=O) groups is 8. The molecule has 0 saturated heterocycles. The summed E-state index contributed by atoms with van der Waals surface area (Å²) in [7, 11) is 7.52. The lowest BCUT2D eigenvalue weighted by Gasteiger charge is -2.19. The van der Waals surface area contributed by atoms with Gasteiger partial charge in [0.05, 0.1) is 107 Å². The topological polar surface area (TPSA) is 288 Å². The second-order valence-electron chi connectivity index (χ2n) is 21.1. The number of carboxylic acid groups (broad SMARTS) is 2. The summed E-state index contributed by atoms with van der Waals surface area (Å²) in [5, 5.41) is 29.1. The Morgan fingerprint density at radius 1 is 0.545 bits per heavy atom. The molecule has 0 aliphatic carbocycles. The molecule has 25 heteroatoms. The van der Waals surface area contributed by atoms with Gasteiger partial charge in [0.15, 0.2) is 39.8 Å². The van der Waals surface area contributed by atoms with Gasteiger partial charge in [-0.2, -0.15) is 0 Å². The van der Waals surface area contributed by atoms with Gasteiger partial charge < -0.3 is 48.5 Å². The van der Waals surface area contributed by atoms with Crippen LogP contribution < -0.4 is 23.7 Å². The van der Waals surface area contributed by atoms with E-state index in [0.717, 1.165) is 46.4 Å². The van der Waals surface area contributed by atoms with E-state index in [1.54, 1.807) is 72.2 Å². The van der Waals surface area contributed by atoms with Crippen molar-refractivity contribution < 1.29 is 86.8 Å². The summed E-state index contributed by atoms with van der Waals surface area (Å²) in [4.78, 5) is 105. The molecule has 0 saturated carbocycles. The average molecular weight is 1310 g/mol. The summed E-state index contributed by atoms with van der Waals surface area (Å²) in [6.45, 7) is 9.03. The molecule has 0 fully saturated rings. The van der Waals surface area contributed by atoms with Crippen LogP contribution in [0.1, 0.15) is 136 Å². The molecular formula is C63H69ClN2O18S4. The van der Waals surface area contributed by atoms with Gasteiger partial charge in [0.25, 0.3) is 5.88 Å². The van der Waals surface area contributed by atoms with E-state index in [0.29, 0.717) is 86.0 Å². The van der Waals surface area contributed by atoms with Gasteiger partial charge in [-0.25, -0.2) is 9.97 Å². The minimum absolute atomic E-state index is 0.0420. The number of ether oxygens (including phenoxy) is 7. The molecule has 470 valence electrons. The number of nitrogens with zero attached hydrogens (tertiary/aromatic N) is 2. The van der Waals surface area contributed by atoms with Gasteiger partial charge in [0.2, 0.25) is 0 Å². The smallest absolute Gasteiger partial charge is 0.308 e. The molecule has 6 heterocycles. The van der Waals surface area contributed by atoms with Gasteiger partial charge in [0.1, 0.15) is 17.1 Å². The van der Waals surface area contributed by atoms with Gasteiger partial charge in [-0.05, 0) is 117 Å². The van der Waals surface area contributed by atoms with Crippen molar-refractivity contribution in [3.63, 3.8) is 0 Å². The third kappa shape index (κ3) is 19.2. The highest BCUT2D eigenvalue weighted by Gasteiger charge is 2.24. The first-order chi connectivity index (χ1) is 41.8. The molecular weight excluding hydrogens is 1240 g/mol. The third-order valence-electron chi connectivity index (χ3n) is 13.2. The summed E-state index contributed by atoms with van der Waals surface area (Å²) in [6, 6.07) is 18.3. The van der Waals surface area contributed by atoms with Crippen molar-refractivity contribution in [3.05, 3.63) is 96.5 Å². The Bertz CT molecular complexity index is 3860. The van der Waals surface area contributed by atoms with Crippen LogP contribution in [0.4, 0.5) is 0 Å². The van der Waals surface area contributed by atoms with Crippen LogP contribution >= 0.6 is 56.9 Å². The minimum Gasteiger partial charge on any atom is -0.496 e. The Balaban J connectivity index is 0.000000226. The van der Waals surface area contributed by atoms with E-state index in [2.05, 4.69) is 14.7 Å². The fourth-order valence-corrected chi connectivity index (χ4v) is 13.0. The molecule has 0 aliphatic heterocycles. The first-order valence-corrected chi connectivity index (χ1v) is 31.4. The van der Waals surface area contributed by atoms with E-state index >= 15 is 0 Å². The van der Waals surface area contributed by atoms with Crippen LogP contribution in [-0.2, 0) is 41.5 Å². The molecule has 0 unspecified atom stereocenters. The van der Waals surface area contributed by atoms with Crippen molar-refractivity contribution in [2.45, 2.75) is 104 Å². The Hall–Kier alpha value is -7.61. The van der Waals surface area contributed by atoms with Crippen molar-refractivity contribution >= 4 is 145 Å². The number of carbonyl (C=O) groups excluding carboxylic acids is 6. The van der Waals surface area contributed by atoms with Crippen LogP contribution in [0.2, 0.25) is 5.15 Å². The van der Waals surface area contributed by atoms with Gasteiger partial charge in [-0.15, -0.1) is 45.3 Å². The molecule has 0 spiro atoms. The molecule has 2 aromatic carbocycles. The number of benzene rings is 2. The Labute approximate surface area is 528 Å². The standard InChI is InChI=1S/C29H29NO9S2.C20H26O5S.C14H14ClNO4S/c1-15(29(35)36)9-20(32)26-12-18-24(41-26)14-22(38-3)28(30-18)39-8-4-5-16-10-17-11-25(19(31)6-7-27(33)34)40-23(17)13-21(16)37-2;1-20(2,3)25-19(23)8-7-15(22)18-11-14-10-13(6-5-9-21)16(24-4)12-17(14)26-18;1-7(14(18)20-3)4-9(17)12-5-8-11(21-12)6-10(19-2)13(15)16-8/h10-15H,4-9H2,1-3H3,(H,33,34)(H,35,36);10-12,21H,5-9H2,1-4H3;5-7H,4H2,1-3H3/t15-;;7-/m0.0/s1. The minimum atomic E-state index is -1.02. The maximum absolute atomic E-state index is 12.5. The zero-order chi connectivity index (χ0) is 64.6. The summed E-state index contributed by atoms with van der Waals surface area (Å²) < 4.78 is 40.7. The number of hydrogen-bond acceptors (Lipinski definition) is 22. The summed E-state index contributed by atoms with van der Waals surface area (Å²) in [5.74, 6) is -2.02. The number of methoxy groups -OCH3 is 5. The molecule has 0 aliphatic rings. The quantitative estimate of drug-likeness (QED) is 0.0178. The molecule has 2 atom stereocenters. The zero-order valence-corrected chi connectivity index (χ0v) is 54.3. The fraction of sp³-hybridized carbons (Fsp3) is 0.397. The number of halogens is 1. The number of aliphatic carboxylic acids is 2. The van der Waals surface area contributed by atoms with Crippen molar-refractivity contribution in [1.82, 2.24) is 9.97 Å². The molecule has 0 amide bonds. The predicted octanol–water partition coefficient (Wildman–Crippen LogP) is 13.4. The highest BCUT2D eigenvalue weighted by Crippen LogP contribution is 2.38. The van der Waals surface area contributed by atoms with E-state index in [1.165, 1.54) is 73.6 Å². The largest absolute Gasteiger partial charge is 0.496 e. The van der Waals surface area contributed by atoms with Gasteiger partial charge in [-0.1, -0.05) is 25.4 Å². The summed E-state index contributed by atoms with van der Waals surface area (Å²) in [5.41, 5.74) is 2.62. The summed E-state index contributed by atoms with van der Waals surface area (Å²) >= 11 is 11.2. The van der Waals surface area contributed by atoms with Gasteiger partial charge in [0, 0.05) is 53.8 Å². The molecule has 3 N–H and O–H groups in total. The van der Waals surface area contributed by atoms with Crippen molar-refractivity contribution in [2.75, 3.05) is 48.8 Å². The number of aromatic nitrogens is 2. The molecule has 6 aromatic heterocycles. The number of pyridine rings is 2. The number of hydrogen-bond donors (Lipinski definition) is 3. The molecule has 20 nitrogen and oxygen atoms in total. The lowest BCUT2D eigenvalue weighted by atomic mass is 10.0. The Morgan fingerprint density at radius 3 is 1.48 bits per heavy atom. The second-order valence-corrected chi connectivity index (χ2v) is 25.8. The van der Waals surface area contributed by atoms with Crippen LogP contribution in [0, 0.1) is 11.8 Å². The number of fused-ring (bicyclic) bond motifs is 4. The highest BCUT2D eigenvalue weighted by molar-refractivity contribution is 7.22. The monoisotopic (exact) mass is 1300 g/mol. The number of rotatable bonds is 28. The van der Waals surface area contributed by atoms with E-state index in [-0.39, 0.29) is 79.4 Å². The lowest BCUT2D eigenvalue weighted by Crippen LogP contribution is -2.24. The van der Waals surface area contributed by atoms with E-state index in [4.69, 9.17) is 55.3 Å². The van der Waals surface area contributed by atoms with Gasteiger partial charge in [-0.3, -0.25) is 38.4 Å². The first kappa shape index (κ1) is 69.5. The van der Waals surface area contributed by atoms with E-state index in [1.807, 2.05) is 30.3 Å². The van der Waals surface area contributed by atoms with Crippen molar-refractivity contribution in [1.29, 1.82) is 0 Å². The van der Waals surface area contributed by atoms with Crippen LogP contribution in [0.5, 0.6) is 28.9 Å². The number of aryl methyl sites for hydroxylation is 2. The van der Waals surface area contributed by atoms with Crippen LogP contribution in [0.3, 0.4) is 0 Å². The molecule has 0 bridgehead atoms. The molecule has 8 aromatic rings. The fourth-order valence-electron chi connectivity index (χ4n) is 8.71. The average Bonchev–Trinajstić information content (AvgIpc) is 3.61. The van der Waals surface area contributed by atoms with Crippen molar-refractivity contribution in [3.8, 4) is 28.9 Å². The van der Waals surface area contributed by atoms with Crippen LogP contribution in [0.15, 0.2) is 60.7 Å². The van der Waals surface area contributed by atoms with Crippen molar-refractivity contribution in [2.24, 2.45) is 11.8 Å². The SMILES string of the molecule is COC(=O)[C@@H](C)CC(=O)c1cc2nc(Cl)c(OC)cc2s1.COc1cc2sc(C(=O)CCC(=O)O)cc2cc1CCCOc1nc2cc(C(=O)C[C@H](C)C(=O)O)sc2cc1OC.COc1cc2sc(C(=O)CCC(=O)OC(C)(C)C)cc2cc1CCCO. The van der Waals surface area contributed by atoms with E-state index < -0.39 is 35.3 Å². The number of aliphatic hydroxyl groups is 1. The second kappa shape index (κ2) is 32.0. The number of thiophene rings is 4. The number of Topliss-reactive ketones (excluding diaryl/α,β-unsaturated/α-hetero) is 4. The molecule has 88 heavy (non-hydrogen) atoms. The third-order valence-corrected chi connectivity index (χ3v) is 18.0. The lowest BCUT2D eigenvalue weighted by molar-refractivity contribution is -0.154. The Morgan fingerprint density at radius 2 is 1.00 bits per heavy atom. The van der Waals surface area contributed by atoms with Gasteiger partial charge >= 0.3 is 23.9 Å². The number of esters is 2.